The molecule has 2 aromatic carbocycles. The van der Waals surface area contributed by atoms with Crippen LogP contribution in [0.25, 0.3) is 27.7 Å². The van der Waals surface area contributed by atoms with Gasteiger partial charge in [0, 0.05) is 35.9 Å². The Morgan fingerprint density at radius 3 is 2.49 bits per heavy atom. The van der Waals surface area contributed by atoms with Gasteiger partial charge in [-0.3, -0.25) is 14.3 Å². The summed E-state index contributed by atoms with van der Waals surface area (Å²) >= 11 is 0. The summed E-state index contributed by atoms with van der Waals surface area (Å²) in [6.07, 6.45) is 6.15. The molecule has 0 saturated carbocycles. The number of fused-ring (bicyclic) bond motifs is 1. The number of rotatable bonds is 9. The van der Waals surface area contributed by atoms with E-state index in [2.05, 4.69) is 25.6 Å². The van der Waals surface area contributed by atoms with Gasteiger partial charge in [0.15, 0.2) is 0 Å². The van der Waals surface area contributed by atoms with Gasteiger partial charge in [-0.1, -0.05) is 37.3 Å². The fourth-order valence-corrected chi connectivity index (χ4v) is 5.32. The molecule has 0 radical (unpaired) electrons. The zero-order valence-corrected chi connectivity index (χ0v) is 24.6. The van der Waals surface area contributed by atoms with Gasteiger partial charge in [-0.2, -0.15) is 4.98 Å². The van der Waals surface area contributed by atoms with Gasteiger partial charge in [0.2, 0.25) is 16.0 Å². The Kier molecular flexibility index (Phi) is 7.98. The molecule has 0 fully saturated rings. The summed E-state index contributed by atoms with van der Waals surface area (Å²) in [6.45, 7) is 1.89. The summed E-state index contributed by atoms with van der Waals surface area (Å²) < 4.78 is 40.5. The fourth-order valence-electron chi connectivity index (χ4n) is 4.82. The van der Waals surface area contributed by atoms with E-state index in [0.717, 1.165) is 6.20 Å². The second-order valence-electron chi connectivity index (χ2n) is 9.94. The quantitative estimate of drug-likeness (QED) is 0.205. The van der Waals surface area contributed by atoms with Crippen molar-refractivity contribution >= 4 is 38.5 Å². The molecule has 0 bridgehead atoms. The van der Waals surface area contributed by atoms with Gasteiger partial charge in [0.05, 0.1) is 17.2 Å². The van der Waals surface area contributed by atoms with Crippen molar-refractivity contribution in [3.63, 3.8) is 0 Å². The lowest BCUT2D eigenvalue weighted by atomic mass is 10.1. The van der Waals surface area contributed by atoms with Crippen LogP contribution in [-0.2, 0) is 10.0 Å². The first-order valence-corrected chi connectivity index (χ1v) is 15.3. The van der Waals surface area contributed by atoms with Crippen LogP contribution in [0.4, 0.5) is 22.0 Å². The van der Waals surface area contributed by atoms with E-state index in [1.807, 2.05) is 13.0 Å². The van der Waals surface area contributed by atoms with Gasteiger partial charge in [-0.15, -0.1) is 0 Å². The van der Waals surface area contributed by atoms with Crippen LogP contribution in [0.1, 0.15) is 25.2 Å². The fraction of sp³-hybridized carbons (Fsp3) is 0.0968. The summed E-state index contributed by atoms with van der Waals surface area (Å²) in [5, 5.41) is 11.7. The predicted molar refractivity (Wildman–Crippen MR) is 168 cm³/mol. The molecule has 0 aliphatic carbocycles. The molecular weight excluding hydrogens is 597 g/mol. The summed E-state index contributed by atoms with van der Waals surface area (Å²) in [5.74, 6) is 0.605. The number of sulfonamides is 1. The lowest BCUT2D eigenvalue weighted by molar-refractivity contribution is 0.597. The van der Waals surface area contributed by atoms with Crippen LogP contribution in [0, 0.1) is 5.82 Å². The van der Waals surface area contributed by atoms with Gasteiger partial charge in [-0.25, -0.2) is 32.9 Å². The minimum Gasteiger partial charge on any atom is -0.359 e. The highest BCUT2D eigenvalue weighted by atomic mass is 32.2. The predicted octanol–water partition coefficient (Wildman–Crippen LogP) is 4.73. The minimum absolute atomic E-state index is 0.129. The summed E-state index contributed by atoms with van der Waals surface area (Å²) in [7, 11) is -4.05. The van der Waals surface area contributed by atoms with E-state index < -0.39 is 27.4 Å². The van der Waals surface area contributed by atoms with E-state index >= 15 is 0 Å². The Labute approximate surface area is 256 Å². The largest absolute Gasteiger partial charge is 0.359 e. The molecule has 4 heterocycles. The summed E-state index contributed by atoms with van der Waals surface area (Å²) in [4.78, 5) is 35.9. The maximum absolute atomic E-state index is 14.9. The molecule has 226 valence electrons. The Balaban J connectivity index is 1.53. The third kappa shape index (κ3) is 6.09. The first kappa shape index (κ1) is 29.5. The average Bonchev–Trinajstić information content (AvgIpc) is 3.04. The molecule has 0 aliphatic rings. The van der Waals surface area contributed by atoms with Gasteiger partial charge in [0.1, 0.15) is 33.6 Å². The van der Waals surface area contributed by atoms with Gasteiger partial charge >= 0.3 is 0 Å². The van der Waals surface area contributed by atoms with Crippen LogP contribution in [-0.4, -0.2) is 37.9 Å². The van der Waals surface area contributed by atoms with E-state index in [4.69, 9.17) is 15.1 Å². The van der Waals surface area contributed by atoms with E-state index in [1.165, 1.54) is 35.2 Å². The zero-order chi connectivity index (χ0) is 31.6. The van der Waals surface area contributed by atoms with Crippen LogP contribution in [0.2, 0.25) is 0 Å². The van der Waals surface area contributed by atoms with Crippen molar-refractivity contribution in [3.8, 4) is 16.8 Å². The van der Waals surface area contributed by atoms with Gasteiger partial charge in [-0.05, 0) is 48.9 Å². The SMILES string of the molecule is CCC(Nc1nc(Nc2ccccn2)ncc1-c1cncc(S(N)(=O)=O)c1)c1nc2cccc(F)c2c(=O)n1-c1ccccc1. The highest BCUT2D eigenvalue weighted by Gasteiger charge is 2.24. The Morgan fingerprint density at radius 1 is 0.956 bits per heavy atom. The Bertz CT molecular complexity index is 2180. The van der Waals surface area contributed by atoms with Crippen molar-refractivity contribution in [3.05, 3.63) is 120 Å². The maximum Gasteiger partial charge on any atom is 0.269 e. The molecule has 0 aliphatic heterocycles. The first-order chi connectivity index (χ1) is 21.7. The highest BCUT2D eigenvalue weighted by molar-refractivity contribution is 7.89. The maximum atomic E-state index is 14.9. The standard InChI is InChI=1S/C31H26FN9O3S/c1-2-24(29-38-25-12-8-11-23(32)27(25)30(42)41(29)20-9-4-3-5-10-20)37-28-22(19-15-21(17-34-16-19)45(33,43)44)18-36-31(40-28)39-26-13-6-7-14-35-26/h3-18,24H,2H2,1H3,(H2,33,43,44)(H2,35,36,37,39,40). The zero-order valence-electron chi connectivity index (χ0n) is 23.8. The smallest absolute Gasteiger partial charge is 0.269 e. The molecule has 0 saturated heterocycles. The first-order valence-electron chi connectivity index (χ1n) is 13.8. The molecule has 45 heavy (non-hydrogen) atoms. The lowest BCUT2D eigenvalue weighted by Crippen LogP contribution is -2.29. The molecule has 1 unspecified atom stereocenters. The van der Waals surface area contributed by atoms with Crippen molar-refractivity contribution in [1.29, 1.82) is 0 Å². The molecule has 4 aromatic heterocycles. The summed E-state index contributed by atoms with van der Waals surface area (Å²) in [6, 6.07) is 19.2. The third-order valence-electron chi connectivity index (χ3n) is 6.96. The van der Waals surface area contributed by atoms with Gasteiger partial charge in [0.25, 0.3) is 5.56 Å². The molecule has 6 aromatic rings. The van der Waals surface area contributed by atoms with Crippen molar-refractivity contribution < 1.29 is 12.8 Å². The monoisotopic (exact) mass is 623 g/mol. The number of aromatic nitrogens is 6. The number of hydrogen-bond donors (Lipinski definition) is 3. The second-order valence-corrected chi connectivity index (χ2v) is 11.5. The van der Waals surface area contributed by atoms with Crippen LogP contribution in [0.15, 0.2) is 107 Å². The van der Waals surface area contributed by atoms with E-state index in [9.17, 15) is 17.6 Å². The Hall–Kier alpha value is -5.60. The molecule has 6 rings (SSSR count). The number of anilines is 3. The number of nitrogens with zero attached hydrogens (tertiary/aromatic N) is 6. The van der Waals surface area contributed by atoms with E-state index in [-0.39, 0.29) is 27.6 Å². The van der Waals surface area contributed by atoms with Crippen LogP contribution in [0.3, 0.4) is 0 Å². The van der Waals surface area contributed by atoms with Crippen molar-refractivity contribution in [2.45, 2.75) is 24.3 Å². The molecule has 0 spiro atoms. The van der Waals surface area contributed by atoms with Crippen LogP contribution in [0.5, 0.6) is 0 Å². The number of halogens is 1. The highest BCUT2D eigenvalue weighted by Crippen LogP contribution is 2.32. The number of primary sulfonamides is 1. The lowest BCUT2D eigenvalue weighted by Gasteiger charge is -2.23. The van der Waals surface area contributed by atoms with E-state index in [0.29, 0.717) is 34.9 Å². The summed E-state index contributed by atoms with van der Waals surface area (Å²) in [5.41, 5.74) is 0.912. The molecule has 12 nitrogen and oxygen atoms in total. The van der Waals surface area contributed by atoms with Crippen molar-refractivity contribution in [1.82, 2.24) is 29.5 Å². The van der Waals surface area contributed by atoms with E-state index in [1.54, 1.807) is 54.7 Å². The topological polar surface area (TPSA) is 171 Å². The molecule has 1 atom stereocenters. The number of benzene rings is 2. The van der Waals surface area contributed by atoms with Crippen molar-refractivity contribution in [2.75, 3.05) is 10.6 Å². The normalized spacial score (nSPS) is 12.2. The van der Waals surface area contributed by atoms with Gasteiger partial charge < -0.3 is 10.6 Å². The average molecular weight is 624 g/mol. The number of hydrogen-bond acceptors (Lipinski definition) is 10. The molecule has 14 heteroatoms. The molecular formula is C31H26FN9O3S. The van der Waals surface area contributed by atoms with Crippen molar-refractivity contribution in [2.24, 2.45) is 5.14 Å². The number of pyridine rings is 2. The number of nitrogens with one attached hydrogen (secondary N) is 2. The third-order valence-corrected chi connectivity index (χ3v) is 7.84. The minimum atomic E-state index is -4.05. The molecule has 4 N–H and O–H groups in total. The second kappa shape index (κ2) is 12.2. The Morgan fingerprint density at radius 2 is 1.76 bits per heavy atom. The number of nitrogens with two attached hydrogens (primary N) is 1. The van der Waals surface area contributed by atoms with Crippen LogP contribution >= 0.6 is 0 Å². The molecule has 0 amide bonds. The number of para-hydroxylation sites is 1. The van der Waals surface area contributed by atoms with Crippen LogP contribution < -0.4 is 21.3 Å².